The van der Waals surface area contributed by atoms with Gasteiger partial charge in [0.15, 0.2) is 0 Å². The lowest BCUT2D eigenvalue weighted by Crippen LogP contribution is -2.52. The summed E-state index contributed by atoms with van der Waals surface area (Å²) in [6.07, 6.45) is -4.81. The van der Waals surface area contributed by atoms with Crippen LogP contribution in [0.5, 0.6) is 0 Å². The molecule has 1 atom stereocenters. The van der Waals surface area contributed by atoms with E-state index in [1.54, 1.807) is 83.1 Å². The van der Waals surface area contributed by atoms with E-state index in [2.05, 4.69) is 0 Å². The van der Waals surface area contributed by atoms with Crippen molar-refractivity contribution in [2.75, 3.05) is 6.54 Å². The third-order valence-electron chi connectivity index (χ3n) is 3.86. The van der Waals surface area contributed by atoms with Crippen LogP contribution in [0.2, 0.25) is 0 Å². The number of carboxylic acid groups (broad SMARTS) is 1. The molecule has 0 rings (SSSR count). The Balaban J connectivity index is 5.97. The molecule has 0 bridgehead atoms. The molecule has 0 aliphatic carbocycles. The van der Waals surface area contributed by atoms with Gasteiger partial charge in [0.2, 0.25) is 0 Å². The number of hydrogen-bond donors (Lipinski definition) is 1. The third kappa shape index (κ3) is 14.3. The highest BCUT2D eigenvalue weighted by Gasteiger charge is 2.40. The van der Waals surface area contributed by atoms with Gasteiger partial charge in [-0.1, -0.05) is 0 Å². The molecule has 12 heteroatoms. The van der Waals surface area contributed by atoms with Crippen LogP contribution in [0.1, 0.15) is 95.9 Å². The summed E-state index contributed by atoms with van der Waals surface area (Å²) in [7, 11) is 0. The molecule has 0 saturated carbocycles. The number of amides is 4. The molecule has 0 radical (unpaired) electrons. The van der Waals surface area contributed by atoms with Crippen molar-refractivity contribution in [2.45, 2.75) is 124 Å². The van der Waals surface area contributed by atoms with E-state index in [0.29, 0.717) is 9.80 Å². The molecule has 0 aromatic heterocycles. The van der Waals surface area contributed by atoms with E-state index in [-0.39, 0.29) is 19.4 Å². The highest BCUT2D eigenvalue weighted by atomic mass is 16.6. The van der Waals surface area contributed by atoms with Crippen LogP contribution in [0.3, 0.4) is 0 Å². The van der Waals surface area contributed by atoms with Crippen molar-refractivity contribution in [1.29, 1.82) is 0 Å². The van der Waals surface area contributed by atoms with Crippen LogP contribution >= 0.6 is 0 Å². The van der Waals surface area contributed by atoms with Crippen molar-refractivity contribution in [3.05, 3.63) is 0 Å². The Bertz CT molecular complexity index is 785. The zero-order valence-electron chi connectivity index (χ0n) is 24.2. The Hall–Kier alpha value is -3.05. The second-order valence-corrected chi connectivity index (χ2v) is 12.4. The molecule has 12 nitrogen and oxygen atoms in total. The largest absolute Gasteiger partial charge is 0.480 e. The second-order valence-electron chi connectivity index (χ2n) is 12.4. The van der Waals surface area contributed by atoms with Crippen LogP contribution in [0.25, 0.3) is 0 Å². The van der Waals surface area contributed by atoms with Gasteiger partial charge in [0.25, 0.3) is 0 Å². The Morgan fingerprint density at radius 1 is 0.595 bits per heavy atom. The van der Waals surface area contributed by atoms with E-state index < -0.39 is 58.8 Å². The Kier molecular flexibility index (Phi) is 11.4. The molecular formula is C25H44N2O10. The molecule has 0 aliphatic rings. The van der Waals surface area contributed by atoms with E-state index in [0.717, 1.165) is 0 Å². The smallest absolute Gasteiger partial charge is 0.420 e. The van der Waals surface area contributed by atoms with Crippen LogP contribution in [0, 0.1) is 0 Å². The van der Waals surface area contributed by atoms with Crippen LogP contribution in [0.4, 0.5) is 19.2 Å². The Labute approximate surface area is 219 Å². The van der Waals surface area contributed by atoms with Crippen molar-refractivity contribution in [3.8, 4) is 0 Å². The molecule has 0 aliphatic heterocycles. The molecule has 0 saturated heterocycles. The van der Waals surface area contributed by atoms with Crippen LogP contribution in [0.15, 0.2) is 0 Å². The number of aliphatic carboxylic acids is 1. The molecule has 37 heavy (non-hydrogen) atoms. The van der Waals surface area contributed by atoms with Gasteiger partial charge in [-0.15, -0.1) is 0 Å². The first-order valence-electron chi connectivity index (χ1n) is 12.0. The third-order valence-corrected chi connectivity index (χ3v) is 3.86. The first kappa shape index (κ1) is 34.0. The molecule has 1 unspecified atom stereocenters. The van der Waals surface area contributed by atoms with Gasteiger partial charge in [-0.3, -0.25) is 0 Å². The molecule has 0 heterocycles. The van der Waals surface area contributed by atoms with Gasteiger partial charge in [-0.2, -0.15) is 4.90 Å². The number of nitrogens with zero attached hydrogens (tertiary/aromatic N) is 2. The SMILES string of the molecule is CC(C)(C)OC(=O)N(CCCC(C(=O)O)N(C(=O)OC(C)(C)C)C(=O)OC(C)(C)C)C(=O)OC(C)(C)C. The van der Waals surface area contributed by atoms with E-state index in [4.69, 9.17) is 18.9 Å². The maximum Gasteiger partial charge on any atom is 0.420 e. The van der Waals surface area contributed by atoms with Gasteiger partial charge in [-0.05, 0) is 95.9 Å². The number of carboxylic acids is 1. The first-order valence-corrected chi connectivity index (χ1v) is 12.0. The van der Waals surface area contributed by atoms with Gasteiger partial charge in [-0.25, -0.2) is 28.9 Å². The molecule has 1 N–H and O–H groups in total. The highest BCUT2D eigenvalue weighted by molar-refractivity contribution is 5.93. The van der Waals surface area contributed by atoms with Gasteiger partial charge < -0.3 is 24.1 Å². The summed E-state index contributed by atoms with van der Waals surface area (Å²) in [6.45, 7) is 18.8. The maximum atomic E-state index is 12.8. The molecule has 0 aromatic carbocycles. The lowest BCUT2D eigenvalue weighted by Gasteiger charge is -2.32. The van der Waals surface area contributed by atoms with Gasteiger partial charge in [0.05, 0.1) is 0 Å². The van der Waals surface area contributed by atoms with Gasteiger partial charge >= 0.3 is 30.3 Å². The topological polar surface area (TPSA) is 149 Å². The number of hydrogen-bond acceptors (Lipinski definition) is 9. The molecular weight excluding hydrogens is 488 g/mol. The minimum Gasteiger partial charge on any atom is -0.480 e. The standard InChI is InChI=1S/C25H44N2O10/c1-22(2,3)34-18(30)26(19(31)35-23(4,5)6)15-13-14-16(17(28)29)27(20(32)36-24(7,8)9)21(33)37-25(10,11)12/h16H,13-15H2,1-12H3,(H,28,29). The van der Waals surface area contributed by atoms with Crippen LogP contribution in [-0.4, -0.2) is 80.2 Å². The maximum absolute atomic E-state index is 12.8. The predicted octanol–water partition coefficient (Wildman–Crippen LogP) is 5.56. The quantitative estimate of drug-likeness (QED) is 0.430. The summed E-state index contributed by atoms with van der Waals surface area (Å²) >= 11 is 0. The van der Waals surface area contributed by atoms with E-state index in [1.807, 2.05) is 0 Å². The average molecular weight is 533 g/mol. The molecule has 0 aromatic rings. The lowest BCUT2D eigenvalue weighted by molar-refractivity contribution is -0.143. The Morgan fingerprint density at radius 3 is 1.16 bits per heavy atom. The fraction of sp³-hybridized carbons (Fsp3) is 0.800. The summed E-state index contributed by atoms with van der Waals surface area (Å²) in [5.41, 5.74) is -3.87. The monoisotopic (exact) mass is 532 g/mol. The Morgan fingerprint density at radius 2 is 0.892 bits per heavy atom. The normalized spacial score (nSPS) is 13.2. The molecule has 0 spiro atoms. The van der Waals surface area contributed by atoms with Gasteiger partial charge in [0, 0.05) is 6.54 Å². The summed E-state index contributed by atoms with van der Waals surface area (Å²) < 4.78 is 21.1. The van der Waals surface area contributed by atoms with Crippen molar-refractivity contribution in [3.63, 3.8) is 0 Å². The van der Waals surface area contributed by atoms with Crippen molar-refractivity contribution >= 4 is 30.3 Å². The summed E-state index contributed by atoms with van der Waals surface area (Å²) in [5, 5.41) is 9.87. The molecule has 4 amide bonds. The average Bonchev–Trinajstić information content (AvgIpc) is 2.57. The summed E-state index contributed by atoms with van der Waals surface area (Å²) in [5.74, 6) is -1.50. The fourth-order valence-electron chi connectivity index (χ4n) is 2.65. The number of imide groups is 2. The van der Waals surface area contributed by atoms with E-state index in [1.165, 1.54) is 0 Å². The van der Waals surface area contributed by atoms with Crippen molar-refractivity contribution in [2.24, 2.45) is 0 Å². The number of carbonyl (C=O) groups excluding carboxylic acids is 4. The van der Waals surface area contributed by atoms with Crippen molar-refractivity contribution < 1.29 is 48.0 Å². The number of carbonyl (C=O) groups is 5. The van der Waals surface area contributed by atoms with Crippen LogP contribution in [-0.2, 0) is 23.7 Å². The van der Waals surface area contributed by atoms with Crippen LogP contribution < -0.4 is 0 Å². The van der Waals surface area contributed by atoms with Gasteiger partial charge in [0.1, 0.15) is 28.4 Å². The lowest BCUT2D eigenvalue weighted by atomic mass is 10.1. The number of rotatable bonds is 6. The molecule has 0 fully saturated rings. The van der Waals surface area contributed by atoms with E-state index >= 15 is 0 Å². The summed E-state index contributed by atoms with van der Waals surface area (Å²) in [6, 6.07) is -1.70. The first-order chi connectivity index (χ1) is 16.3. The van der Waals surface area contributed by atoms with E-state index in [9.17, 15) is 29.1 Å². The fourth-order valence-corrected chi connectivity index (χ4v) is 2.65. The second kappa shape index (κ2) is 12.5. The molecule has 214 valence electrons. The predicted molar refractivity (Wildman–Crippen MR) is 134 cm³/mol. The summed E-state index contributed by atoms with van der Waals surface area (Å²) in [4.78, 5) is 64.3. The zero-order chi connectivity index (χ0) is 29.6. The minimum atomic E-state index is -1.70. The minimum absolute atomic E-state index is 0.114. The zero-order valence-corrected chi connectivity index (χ0v) is 24.2. The number of ether oxygens (including phenoxy) is 4. The highest BCUT2D eigenvalue weighted by Crippen LogP contribution is 2.21. The van der Waals surface area contributed by atoms with Crippen molar-refractivity contribution in [1.82, 2.24) is 9.80 Å².